The van der Waals surface area contributed by atoms with Gasteiger partial charge in [-0.15, -0.1) is 0 Å². The molecule has 0 saturated carbocycles. The molecule has 1 aromatic carbocycles. The number of hydrogen-bond donors (Lipinski definition) is 1. The number of benzene rings is 1. The van der Waals surface area contributed by atoms with Crippen molar-refractivity contribution in [3.8, 4) is 23.1 Å². The van der Waals surface area contributed by atoms with Crippen LogP contribution >= 0.6 is 0 Å². The molecule has 6 nitrogen and oxygen atoms in total. The fraction of sp³-hybridized carbons (Fsp3) is 0. The van der Waals surface area contributed by atoms with Crippen LogP contribution in [0.2, 0.25) is 0 Å². The van der Waals surface area contributed by atoms with Gasteiger partial charge in [0.2, 0.25) is 0 Å². The number of rotatable bonds is 2. The number of imidazole rings is 1. The topological polar surface area (TPSA) is 86.2 Å². The Balaban J connectivity index is 1.72. The maximum atomic E-state index is 10.8. The molecular formula is C20H13N5O. The molecule has 6 heteroatoms. The van der Waals surface area contributed by atoms with E-state index >= 15 is 0 Å². The largest absolute Gasteiger partial charge is 0.384 e. The number of anilines is 1. The van der Waals surface area contributed by atoms with Gasteiger partial charge in [-0.25, -0.2) is 14.5 Å². The molecule has 124 valence electrons. The minimum atomic E-state index is 0.456. The van der Waals surface area contributed by atoms with Gasteiger partial charge >= 0.3 is 0 Å². The molecule has 0 saturated heterocycles. The summed E-state index contributed by atoms with van der Waals surface area (Å²) in [6, 6.07) is 14.5. The first-order valence-electron chi connectivity index (χ1n) is 7.87. The molecule has 26 heavy (non-hydrogen) atoms. The molecule has 3 aromatic heterocycles. The molecule has 2 N–H and O–H groups in total. The fourth-order valence-electron chi connectivity index (χ4n) is 2.46. The Morgan fingerprint density at radius 3 is 2.50 bits per heavy atom. The monoisotopic (exact) mass is 339 g/mol. The molecule has 0 bridgehead atoms. The van der Waals surface area contributed by atoms with E-state index in [2.05, 4.69) is 26.9 Å². The van der Waals surface area contributed by atoms with Gasteiger partial charge in [0.1, 0.15) is 17.8 Å². The molecule has 0 unspecified atom stereocenters. The minimum Gasteiger partial charge on any atom is -0.384 e. The van der Waals surface area contributed by atoms with E-state index < -0.39 is 0 Å². The molecule has 4 rings (SSSR count). The zero-order valence-electron chi connectivity index (χ0n) is 13.6. The highest BCUT2D eigenvalue weighted by molar-refractivity contribution is 5.76. The maximum absolute atomic E-state index is 10.8. The molecule has 0 spiro atoms. The first kappa shape index (κ1) is 15.5. The van der Waals surface area contributed by atoms with Crippen LogP contribution in [0.3, 0.4) is 0 Å². The number of carbonyl (C=O) groups excluding carboxylic acids is 1. The second kappa shape index (κ2) is 6.49. The number of aldehydes is 1. The van der Waals surface area contributed by atoms with Crippen molar-refractivity contribution in [2.24, 2.45) is 0 Å². The number of fused-ring (bicyclic) bond motifs is 1. The van der Waals surface area contributed by atoms with Crippen molar-refractivity contribution in [2.75, 3.05) is 5.73 Å². The molecule has 3 heterocycles. The van der Waals surface area contributed by atoms with Crippen LogP contribution in [-0.2, 0) is 0 Å². The molecule has 0 fully saturated rings. The van der Waals surface area contributed by atoms with Gasteiger partial charge in [0.25, 0.3) is 0 Å². The zero-order chi connectivity index (χ0) is 17.9. The lowest BCUT2D eigenvalue weighted by Gasteiger charge is -2.02. The van der Waals surface area contributed by atoms with Crippen molar-refractivity contribution < 1.29 is 4.79 Å². The predicted octanol–water partition coefficient (Wildman–Crippen LogP) is 2.59. The summed E-state index contributed by atoms with van der Waals surface area (Å²) in [5, 5.41) is 4.62. The Bertz CT molecular complexity index is 1150. The van der Waals surface area contributed by atoms with Gasteiger partial charge in [-0.3, -0.25) is 4.79 Å². The summed E-state index contributed by atoms with van der Waals surface area (Å²) >= 11 is 0. The molecule has 0 aliphatic rings. The van der Waals surface area contributed by atoms with E-state index in [1.807, 2.05) is 30.3 Å². The molecule has 0 aliphatic heterocycles. The summed E-state index contributed by atoms with van der Waals surface area (Å²) in [6.45, 7) is 0. The van der Waals surface area contributed by atoms with Gasteiger partial charge < -0.3 is 5.73 Å². The molecule has 0 amide bonds. The van der Waals surface area contributed by atoms with Crippen LogP contribution in [0.25, 0.3) is 16.9 Å². The SMILES string of the molecule is Nc1ccc(C#Cc2cnc3ccc(-c4ccc(C=O)cc4)nn23)cn1. The van der Waals surface area contributed by atoms with Crippen LogP contribution in [0.15, 0.2) is 60.9 Å². The van der Waals surface area contributed by atoms with Crippen molar-refractivity contribution >= 4 is 17.8 Å². The lowest BCUT2D eigenvalue weighted by molar-refractivity contribution is 0.112. The first-order valence-corrected chi connectivity index (χ1v) is 7.87. The van der Waals surface area contributed by atoms with E-state index in [9.17, 15) is 4.79 Å². The van der Waals surface area contributed by atoms with Gasteiger partial charge in [0.05, 0.1) is 11.9 Å². The van der Waals surface area contributed by atoms with E-state index in [-0.39, 0.29) is 0 Å². The summed E-state index contributed by atoms with van der Waals surface area (Å²) < 4.78 is 1.70. The van der Waals surface area contributed by atoms with E-state index in [1.54, 1.807) is 35.1 Å². The van der Waals surface area contributed by atoms with Crippen molar-refractivity contribution in [3.63, 3.8) is 0 Å². The average molecular weight is 339 g/mol. The van der Waals surface area contributed by atoms with Crippen LogP contribution in [0.5, 0.6) is 0 Å². The quantitative estimate of drug-likeness (QED) is 0.448. The summed E-state index contributed by atoms with van der Waals surface area (Å²) in [4.78, 5) is 19.1. The third-order valence-electron chi connectivity index (χ3n) is 3.83. The van der Waals surface area contributed by atoms with E-state index in [0.29, 0.717) is 22.7 Å². The standard InChI is InChI=1S/C20H13N5O/c21-19-9-4-14(11-22-19)3-7-17-12-23-20-10-8-18(24-25(17)20)16-5-1-15(13-26)2-6-16/h1-2,4-6,8-13H,(H2,21,22). The van der Waals surface area contributed by atoms with Crippen molar-refractivity contribution in [3.05, 3.63) is 77.7 Å². The normalized spacial score (nSPS) is 10.3. The fourth-order valence-corrected chi connectivity index (χ4v) is 2.46. The molecule has 0 radical (unpaired) electrons. The predicted molar refractivity (Wildman–Crippen MR) is 98.4 cm³/mol. The van der Waals surface area contributed by atoms with E-state index in [0.717, 1.165) is 23.1 Å². The van der Waals surface area contributed by atoms with Gasteiger partial charge in [0, 0.05) is 22.9 Å². The Morgan fingerprint density at radius 1 is 0.923 bits per heavy atom. The molecule has 0 atom stereocenters. The number of nitrogen functional groups attached to an aromatic ring is 1. The van der Waals surface area contributed by atoms with Crippen LogP contribution in [0, 0.1) is 11.8 Å². The number of pyridine rings is 1. The minimum absolute atomic E-state index is 0.456. The Hall–Kier alpha value is -3.98. The lowest BCUT2D eigenvalue weighted by Crippen LogP contribution is -1.97. The van der Waals surface area contributed by atoms with Crippen LogP contribution in [0.1, 0.15) is 21.6 Å². The highest BCUT2D eigenvalue weighted by Gasteiger charge is 2.06. The maximum Gasteiger partial charge on any atom is 0.154 e. The molecule has 0 aliphatic carbocycles. The Kier molecular flexibility index (Phi) is 3.88. The molecule has 4 aromatic rings. The van der Waals surface area contributed by atoms with Crippen molar-refractivity contribution in [2.45, 2.75) is 0 Å². The van der Waals surface area contributed by atoms with Crippen molar-refractivity contribution in [1.82, 2.24) is 19.6 Å². The summed E-state index contributed by atoms with van der Waals surface area (Å²) in [6.07, 6.45) is 4.12. The highest BCUT2D eigenvalue weighted by Crippen LogP contribution is 2.18. The third-order valence-corrected chi connectivity index (χ3v) is 3.83. The Labute approximate surface area is 149 Å². The third kappa shape index (κ3) is 3.01. The van der Waals surface area contributed by atoms with Gasteiger partial charge in [-0.2, -0.15) is 5.10 Å². The van der Waals surface area contributed by atoms with Crippen LogP contribution < -0.4 is 5.73 Å². The summed E-state index contributed by atoms with van der Waals surface area (Å²) in [7, 11) is 0. The zero-order valence-corrected chi connectivity index (χ0v) is 13.6. The van der Waals surface area contributed by atoms with Crippen LogP contribution in [0.4, 0.5) is 5.82 Å². The Morgan fingerprint density at radius 2 is 1.77 bits per heavy atom. The van der Waals surface area contributed by atoms with Crippen LogP contribution in [-0.4, -0.2) is 25.9 Å². The molecular weight excluding hydrogens is 326 g/mol. The summed E-state index contributed by atoms with van der Waals surface area (Å²) in [5.74, 6) is 6.55. The second-order valence-corrected chi connectivity index (χ2v) is 5.59. The highest BCUT2D eigenvalue weighted by atomic mass is 16.1. The van der Waals surface area contributed by atoms with Gasteiger partial charge in [0.15, 0.2) is 5.65 Å². The van der Waals surface area contributed by atoms with E-state index in [4.69, 9.17) is 5.73 Å². The number of nitrogens with two attached hydrogens (primary N) is 1. The van der Waals surface area contributed by atoms with Gasteiger partial charge in [-0.05, 0) is 30.2 Å². The number of nitrogens with zero attached hydrogens (tertiary/aromatic N) is 4. The lowest BCUT2D eigenvalue weighted by atomic mass is 10.1. The van der Waals surface area contributed by atoms with Gasteiger partial charge in [-0.1, -0.05) is 30.2 Å². The number of aromatic nitrogens is 4. The van der Waals surface area contributed by atoms with E-state index in [1.165, 1.54) is 0 Å². The average Bonchev–Trinajstić information content (AvgIpc) is 3.10. The van der Waals surface area contributed by atoms with Crippen molar-refractivity contribution in [1.29, 1.82) is 0 Å². The smallest absolute Gasteiger partial charge is 0.154 e. The number of hydrogen-bond acceptors (Lipinski definition) is 5. The second-order valence-electron chi connectivity index (χ2n) is 5.59. The summed E-state index contributed by atoms with van der Waals surface area (Å²) in [5.41, 5.74) is 10.0. The number of carbonyl (C=O) groups is 1. The first-order chi connectivity index (χ1) is 12.7.